The van der Waals surface area contributed by atoms with Crippen molar-refractivity contribution in [3.63, 3.8) is 0 Å². The van der Waals surface area contributed by atoms with Crippen molar-refractivity contribution in [2.75, 3.05) is 4.90 Å². The standard InChI is InChI=1S/C38H26N6/c1-3-13-33-27(8-1)29-24-39-23-21-35(29)43(33)26-19-17-25(18-20-26)30-10-5-11-31(41-30)32-12-6-16-37(42-32)44-34-14-4-2-9-28(34)38-36(44)15-7-22-40-38/h1-24,36,38H. The molecule has 9 rings (SSSR count). The first-order valence-corrected chi connectivity index (χ1v) is 14.8. The third kappa shape index (κ3) is 3.81. The molecule has 7 aromatic rings. The fourth-order valence-corrected chi connectivity index (χ4v) is 6.70. The minimum absolute atomic E-state index is 0.0743. The lowest BCUT2D eigenvalue weighted by Gasteiger charge is -2.27. The minimum Gasteiger partial charge on any atom is -0.317 e. The molecular formula is C38H26N6. The van der Waals surface area contributed by atoms with Crippen LogP contribution in [-0.2, 0) is 0 Å². The summed E-state index contributed by atoms with van der Waals surface area (Å²) in [4.78, 5) is 21.6. The highest BCUT2D eigenvalue weighted by Crippen LogP contribution is 2.46. The van der Waals surface area contributed by atoms with Gasteiger partial charge in [-0.05, 0) is 60.7 Å². The van der Waals surface area contributed by atoms with Gasteiger partial charge in [0.25, 0.3) is 0 Å². The van der Waals surface area contributed by atoms with Crippen molar-refractivity contribution in [2.45, 2.75) is 12.1 Å². The first kappa shape index (κ1) is 24.7. The Morgan fingerprint density at radius 2 is 1.39 bits per heavy atom. The molecule has 0 aliphatic carbocycles. The van der Waals surface area contributed by atoms with Gasteiger partial charge in [-0.1, -0.05) is 66.7 Å². The van der Waals surface area contributed by atoms with E-state index < -0.39 is 0 Å². The van der Waals surface area contributed by atoms with Crippen molar-refractivity contribution in [3.05, 3.63) is 145 Å². The Bertz CT molecular complexity index is 2210. The molecule has 3 aromatic carbocycles. The molecule has 2 atom stereocenters. The number of aromatic nitrogens is 4. The Morgan fingerprint density at radius 1 is 0.614 bits per heavy atom. The second-order valence-electron chi connectivity index (χ2n) is 11.1. The van der Waals surface area contributed by atoms with Crippen molar-refractivity contribution in [1.82, 2.24) is 19.5 Å². The molecule has 6 nitrogen and oxygen atoms in total. The smallest absolute Gasteiger partial charge is 0.134 e. The van der Waals surface area contributed by atoms with E-state index in [0.717, 1.165) is 56.3 Å². The molecule has 0 fully saturated rings. The number of fused-ring (bicyclic) bond motifs is 6. The number of nitrogens with zero attached hydrogens (tertiary/aromatic N) is 6. The molecule has 0 saturated carbocycles. The van der Waals surface area contributed by atoms with Crippen molar-refractivity contribution in [3.8, 4) is 28.3 Å². The summed E-state index contributed by atoms with van der Waals surface area (Å²) in [6.07, 6.45) is 9.93. The Balaban J connectivity index is 1.07. The number of hydrogen-bond donors (Lipinski definition) is 0. The normalized spacial score (nSPS) is 16.9. The molecule has 2 unspecified atom stereocenters. The van der Waals surface area contributed by atoms with Crippen molar-refractivity contribution >= 4 is 39.5 Å². The zero-order chi connectivity index (χ0) is 29.0. The van der Waals surface area contributed by atoms with Gasteiger partial charge in [-0.25, -0.2) is 9.97 Å². The number of para-hydroxylation sites is 2. The van der Waals surface area contributed by atoms with Crippen LogP contribution in [0.4, 0.5) is 11.5 Å². The molecule has 6 heterocycles. The molecule has 4 aromatic heterocycles. The molecule has 0 N–H and O–H groups in total. The lowest BCUT2D eigenvalue weighted by molar-refractivity contribution is 0.663. The zero-order valence-corrected chi connectivity index (χ0v) is 23.7. The van der Waals surface area contributed by atoms with Gasteiger partial charge in [0, 0.05) is 51.9 Å². The molecule has 0 radical (unpaired) electrons. The van der Waals surface area contributed by atoms with E-state index in [-0.39, 0.29) is 12.1 Å². The fourth-order valence-electron chi connectivity index (χ4n) is 6.70. The molecular weight excluding hydrogens is 540 g/mol. The quantitative estimate of drug-likeness (QED) is 0.214. The summed E-state index contributed by atoms with van der Waals surface area (Å²) in [5, 5.41) is 2.35. The molecule has 0 amide bonds. The van der Waals surface area contributed by atoms with Crippen molar-refractivity contribution in [2.24, 2.45) is 4.99 Å². The van der Waals surface area contributed by atoms with Gasteiger partial charge < -0.3 is 9.47 Å². The van der Waals surface area contributed by atoms with Crippen LogP contribution in [0.1, 0.15) is 11.6 Å². The van der Waals surface area contributed by atoms with Crippen molar-refractivity contribution in [1.29, 1.82) is 0 Å². The third-order valence-electron chi connectivity index (χ3n) is 8.67. The summed E-state index contributed by atoms with van der Waals surface area (Å²) in [7, 11) is 0. The van der Waals surface area contributed by atoms with E-state index in [1.807, 2.05) is 36.8 Å². The summed E-state index contributed by atoms with van der Waals surface area (Å²) in [5.41, 5.74) is 9.41. The van der Waals surface area contributed by atoms with Crippen LogP contribution in [0.15, 0.2) is 145 Å². The maximum absolute atomic E-state index is 5.12. The summed E-state index contributed by atoms with van der Waals surface area (Å²) in [6.45, 7) is 0. The summed E-state index contributed by atoms with van der Waals surface area (Å²) in [6, 6.07) is 40.1. The summed E-state index contributed by atoms with van der Waals surface area (Å²) in [5.74, 6) is 0.891. The van der Waals surface area contributed by atoms with E-state index in [4.69, 9.17) is 15.0 Å². The second kappa shape index (κ2) is 9.85. The fraction of sp³-hybridized carbons (Fsp3) is 0.0526. The Kier molecular flexibility index (Phi) is 5.53. The van der Waals surface area contributed by atoms with Gasteiger partial charge in [-0.3, -0.25) is 9.98 Å². The van der Waals surface area contributed by atoms with Gasteiger partial charge >= 0.3 is 0 Å². The van der Waals surface area contributed by atoms with Crippen LogP contribution in [0.2, 0.25) is 0 Å². The second-order valence-corrected chi connectivity index (χ2v) is 11.1. The van der Waals surface area contributed by atoms with Gasteiger partial charge in [-0.15, -0.1) is 0 Å². The molecule has 2 aliphatic heterocycles. The number of allylic oxidation sites excluding steroid dienone is 1. The number of pyridine rings is 3. The molecule has 0 bridgehead atoms. The first-order valence-electron chi connectivity index (χ1n) is 14.8. The average Bonchev–Trinajstić information content (AvgIpc) is 3.62. The first-order chi connectivity index (χ1) is 21.8. The largest absolute Gasteiger partial charge is 0.317 e. The maximum atomic E-state index is 5.12. The molecule has 2 aliphatic rings. The average molecular weight is 567 g/mol. The predicted octanol–water partition coefficient (Wildman–Crippen LogP) is 8.50. The van der Waals surface area contributed by atoms with Crippen LogP contribution < -0.4 is 4.90 Å². The van der Waals surface area contributed by atoms with E-state index in [2.05, 4.69) is 124 Å². The molecule has 44 heavy (non-hydrogen) atoms. The highest BCUT2D eigenvalue weighted by Gasteiger charge is 2.38. The zero-order valence-electron chi connectivity index (χ0n) is 23.7. The van der Waals surface area contributed by atoms with Crippen LogP contribution in [-0.4, -0.2) is 31.8 Å². The van der Waals surface area contributed by atoms with Crippen LogP contribution in [0.25, 0.3) is 50.1 Å². The maximum Gasteiger partial charge on any atom is 0.134 e. The topological polar surface area (TPSA) is 59.2 Å². The number of anilines is 2. The Labute approximate surface area is 254 Å². The van der Waals surface area contributed by atoms with Crippen molar-refractivity contribution < 1.29 is 0 Å². The van der Waals surface area contributed by atoms with Crippen LogP contribution in [0, 0.1) is 0 Å². The van der Waals surface area contributed by atoms with Gasteiger partial charge in [0.1, 0.15) is 11.9 Å². The van der Waals surface area contributed by atoms with E-state index in [1.54, 1.807) is 0 Å². The summed E-state index contributed by atoms with van der Waals surface area (Å²) >= 11 is 0. The lowest BCUT2D eigenvalue weighted by Crippen LogP contribution is -2.29. The van der Waals surface area contributed by atoms with E-state index in [1.165, 1.54) is 10.9 Å². The highest BCUT2D eigenvalue weighted by molar-refractivity contribution is 6.08. The van der Waals surface area contributed by atoms with Gasteiger partial charge in [0.15, 0.2) is 0 Å². The SMILES string of the molecule is C1=CC2C(N=C1)c1ccccc1N2c1cccc(-c2cccc(-c3ccc(-n4c5ccccc5c5cnccc54)cc3)n2)n1. The van der Waals surface area contributed by atoms with E-state index in [9.17, 15) is 0 Å². The van der Waals surface area contributed by atoms with E-state index >= 15 is 0 Å². The summed E-state index contributed by atoms with van der Waals surface area (Å²) < 4.78 is 2.29. The monoisotopic (exact) mass is 566 g/mol. The lowest BCUT2D eigenvalue weighted by atomic mass is 10.0. The molecule has 0 saturated heterocycles. The van der Waals surface area contributed by atoms with E-state index in [0.29, 0.717) is 0 Å². The number of hydrogen-bond acceptors (Lipinski definition) is 5. The molecule has 208 valence electrons. The van der Waals surface area contributed by atoms with Gasteiger partial charge in [0.2, 0.25) is 0 Å². The Hall–Kier alpha value is -5.88. The van der Waals surface area contributed by atoms with Crippen LogP contribution in [0.3, 0.4) is 0 Å². The Morgan fingerprint density at radius 3 is 2.32 bits per heavy atom. The molecule has 0 spiro atoms. The minimum atomic E-state index is 0.0743. The van der Waals surface area contributed by atoms with Crippen LogP contribution >= 0.6 is 0 Å². The number of rotatable bonds is 4. The highest BCUT2D eigenvalue weighted by atomic mass is 15.3. The third-order valence-corrected chi connectivity index (χ3v) is 8.67. The number of aliphatic imine (C=N–C) groups is 1. The molecule has 6 heteroatoms. The predicted molar refractivity (Wildman–Crippen MR) is 178 cm³/mol. The van der Waals surface area contributed by atoms with Crippen LogP contribution in [0.5, 0.6) is 0 Å². The number of dihydropyridines is 1. The number of benzene rings is 3. The van der Waals surface area contributed by atoms with Gasteiger partial charge in [0.05, 0.1) is 34.2 Å². The van der Waals surface area contributed by atoms with Gasteiger partial charge in [-0.2, -0.15) is 0 Å².